The average Bonchev–Trinajstić information content (AvgIpc) is 2.78. The molecule has 1 aromatic rings. The third-order valence-corrected chi connectivity index (χ3v) is 3.74. The van der Waals surface area contributed by atoms with Crippen LogP contribution in [0.15, 0.2) is 16.8 Å². The molecule has 0 radical (unpaired) electrons. The van der Waals surface area contributed by atoms with Gasteiger partial charge in [0.25, 0.3) is 0 Å². The quantitative estimate of drug-likeness (QED) is 0.741. The van der Waals surface area contributed by atoms with E-state index in [4.69, 9.17) is 4.74 Å². The van der Waals surface area contributed by atoms with E-state index in [0.717, 1.165) is 6.54 Å². The molecule has 0 bridgehead atoms. The minimum Gasteiger partial charge on any atom is -0.469 e. The first-order chi connectivity index (χ1) is 7.56. The van der Waals surface area contributed by atoms with Gasteiger partial charge < -0.3 is 4.74 Å². The standard InChI is InChI=1S/C12H19NO2S/c1-9(12(14)15-4)10(2)13(3)7-11-5-6-16-8-11/h5-6,8-10H,7H2,1-4H3. The number of nitrogens with zero attached hydrogens (tertiary/aromatic N) is 1. The summed E-state index contributed by atoms with van der Waals surface area (Å²) in [5.41, 5.74) is 1.29. The van der Waals surface area contributed by atoms with E-state index in [1.54, 1.807) is 11.3 Å². The SMILES string of the molecule is COC(=O)C(C)C(C)N(C)Cc1ccsc1. The van der Waals surface area contributed by atoms with Gasteiger partial charge in [0.15, 0.2) is 0 Å². The van der Waals surface area contributed by atoms with Crippen LogP contribution < -0.4 is 0 Å². The van der Waals surface area contributed by atoms with Crippen molar-refractivity contribution in [2.45, 2.75) is 26.4 Å². The number of carbonyl (C=O) groups excluding carboxylic acids is 1. The zero-order valence-corrected chi connectivity index (χ0v) is 11.1. The lowest BCUT2D eigenvalue weighted by Gasteiger charge is -2.28. The first-order valence-electron chi connectivity index (χ1n) is 5.35. The molecular formula is C12H19NO2S. The van der Waals surface area contributed by atoms with Gasteiger partial charge >= 0.3 is 5.97 Å². The van der Waals surface area contributed by atoms with E-state index in [1.807, 2.05) is 20.9 Å². The van der Waals surface area contributed by atoms with Crippen LogP contribution in [0.1, 0.15) is 19.4 Å². The smallest absolute Gasteiger partial charge is 0.309 e. The molecule has 1 heterocycles. The molecule has 90 valence electrons. The molecule has 0 aliphatic rings. The Balaban J connectivity index is 2.53. The number of esters is 1. The molecule has 1 aromatic heterocycles. The number of methoxy groups -OCH3 is 1. The molecule has 3 nitrogen and oxygen atoms in total. The second-order valence-corrected chi connectivity index (χ2v) is 4.88. The highest BCUT2D eigenvalue weighted by molar-refractivity contribution is 7.07. The predicted octanol–water partition coefficient (Wildman–Crippen LogP) is 2.38. The van der Waals surface area contributed by atoms with Crippen LogP contribution in [-0.4, -0.2) is 31.1 Å². The molecule has 16 heavy (non-hydrogen) atoms. The Bertz CT molecular complexity index is 324. The largest absolute Gasteiger partial charge is 0.469 e. The Morgan fingerprint density at radius 2 is 2.25 bits per heavy atom. The molecule has 0 saturated heterocycles. The number of ether oxygens (including phenoxy) is 1. The fraction of sp³-hybridized carbons (Fsp3) is 0.583. The summed E-state index contributed by atoms with van der Waals surface area (Å²) in [4.78, 5) is 13.6. The maximum absolute atomic E-state index is 11.4. The molecule has 0 saturated carbocycles. The Kier molecular flexibility index (Phi) is 4.96. The monoisotopic (exact) mass is 241 g/mol. The van der Waals surface area contributed by atoms with Crippen LogP contribution >= 0.6 is 11.3 Å². The molecule has 0 spiro atoms. The van der Waals surface area contributed by atoms with Crippen molar-refractivity contribution in [3.63, 3.8) is 0 Å². The van der Waals surface area contributed by atoms with Crippen molar-refractivity contribution in [2.75, 3.05) is 14.2 Å². The van der Waals surface area contributed by atoms with E-state index in [0.29, 0.717) is 0 Å². The maximum atomic E-state index is 11.4. The van der Waals surface area contributed by atoms with Crippen molar-refractivity contribution in [1.82, 2.24) is 4.90 Å². The van der Waals surface area contributed by atoms with Gasteiger partial charge in [-0.3, -0.25) is 9.69 Å². The van der Waals surface area contributed by atoms with Crippen molar-refractivity contribution in [3.8, 4) is 0 Å². The summed E-state index contributed by atoms with van der Waals surface area (Å²) in [6.07, 6.45) is 0. The van der Waals surface area contributed by atoms with E-state index < -0.39 is 0 Å². The molecule has 4 heteroatoms. The van der Waals surface area contributed by atoms with Gasteiger partial charge in [0.2, 0.25) is 0 Å². The van der Waals surface area contributed by atoms with Crippen LogP contribution in [0.5, 0.6) is 0 Å². The minimum atomic E-state index is -0.148. The molecule has 0 amide bonds. The fourth-order valence-electron chi connectivity index (χ4n) is 1.58. The van der Waals surface area contributed by atoms with E-state index in [9.17, 15) is 4.79 Å². The second kappa shape index (κ2) is 6.01. The number of thiophene rings is 1. The van der Waals surface area contributed by atoms with Gasteiger partial charge in [-0.15, -0.1) is 0 Å². The number of hydrogen-bond donors (Lipinski definition) is 0. The lowest BCUT2D eigenvalue weighted by molar-refractivity contribution is -0.146. The van der Waals surface area contributed by atoms with Crippen LogP contribution in [0.4, 0.5) is 0 Å². The van der Waals surface area contributed by atoms with Crippen molar-refractivity contribution >= 4 is 17.3 Å². The van der Waals surface area contributed by atoms with Gasteiger partial charge in [0, 0.05) is 12.6 Å². The lowest BCUT2D eigenvalue weighted by atomic mass is 10.0. The normalized spacial score (nSPS) is 14.8. The van der Waals surface area contributed by atoms with Gasteiger partial charge in [-0.05, 0) is 36.4 Å². The molecule has 2 unspecified atom stereocenters. The summed E-state index contributed by atoms with van der Waals surface area (Å²) in [7, 11) is 3.46. The highest BCUT2D eigenvalue weighted by Gasteiger charge is 2.24. The topological polar surface area (TPSA) is 29.5 Å². The Morgan fingerprint density at radius 3 is 2.75 bits per heavy atom. The zero-order valence-electron chi connectivity index (χ0n) is 10.3. The molecule has 0 aliphatic heterocycles. The Hall–Kier alpha value is -0.870. The Labute approximate surface area is 101 Å². The van der Waals surface area contributed by atoms with Gasteiger partial charge in [-0.2, -0.15) is 11.3 Å². The molecular weight excluding hydrogens is 222 g/mol. The number of rotatable bonds is 5. The molecule has 2 atom stereocenters. The highest BCUT2D eigenvalue weighted by atomic mass is 32.1. The van der Waals surface area contributed by atoms with Crippen LogP contribution in [-0.2, 0) is 16.1 Å². The molecule has 0 aromatic carbocycles. The van der Waals surface area contributed by atoms with Crippen molar-refractivity contribution in [2.24, 2.45) is 5.92 Å². The van der Waals surface area contributed by atoms with E-state index in [1.165, 1.54) is 12.7 Å². The summed E-state index contributed by atoms with van der Waals surface area (Å²) >= 11 is 1.69. The van der Waals surface area contributed by atoms with Crippen LogP contribution in [0, 0.1) is 5.92 Å². The lowest BCUT2D eigenvalue weighted by Crippen LogP contribution is -2.37. The van der Waals surface area contributed by atoms with Gasteiger partial charge in [-0.1, -0.05) is 6.92 Å². The predicted molar refractivity (Wildman–Crippen MR) is 66.4 cm³/mol. The summed E-state index contributed by atoms with van der Waals surface area (Å²) in [6.45, 7) is 4.82. The molecule has 0 aliphatic carbocycles. The van der Waals surface area contributed by atoms with Crippen molar-refractivity contribution < 1.29 is 9.53 Å². The molecule has 1 rings (SSSR count). The van der Waals surface area contributed by atoms with Crippen molar-refractivity contribution in [1.29, 1.82) is 0 Å². The van der Waals surface area contributed by atoms with E-state index in [2.05, 4.69) is 21.7 Å². The third-order valence-electron chi connectivity index (χ3n) is 3.00. The van der Waals surface area contributed by atoms with Gasteiger partial charge in [0.05, 0.1) is 13.0 Å². The maximum Gasteiger partial charge on any atom is 0.309 e. The number of carbonyl (C=O) groups is 1. The van der Waals surface area contributed by atoms with Crippen LogP contribution in [0.25, 0.3) is 0 Å². The minimum absolute atomic E-state index is 0.103. The third kappa shape index (κ3) is 3.32. The fourth-order valence-corrected chi connectivity index (χ4v) is 2.24. The highest BCUT2D eigenvalue weighted by Crippen LogP contribution is 2.15. The van der Waals surface area contributed by atoms with E-state index in [-0.39, 0.29) is 17.9 Å². The van der Waals surface area contributed by atoms with Crippen LogP contribution in [0.3, 0.4) is 0 Å². The van der Waals surface area contributed by atoms with Crippen molar-refractivity contribution in [3.05, 3.63) is 22.4 Å². The second-order valence-electron chi connectivity index (χ2n) is 4.10. The first-order valence-corrected chi connectivity index (χ1v) is 6.29. The van der Waals surface area contributed by atoms with Gasteiger partial charge in [0.1, 0.15) is 0 Å². The average molecular weight is 241 g/mol. The summed E-state index contributed by atoms with van der Waals surface area (Å²) in [5, 5.41) is 4.20. The summed E-state index contributed by atoms with van der Waals surface area (Å²) in [6, 6.07) is 2.28. The Morgan fingerprint density at radius 1 is 1.56 bits per heavy atom. The number of hydrogen-bond acceptors (Lipinski definition) is 4. The molecule has 0 N–H and O–H groups in total. The first kappa shape index (κ1) is 13.2. The summed E-state index contributed by atoms with van der Waals surface area (Å²) < 4.78 is 4.75. The zero-order chi connectivity index (χ0) is 12.1. The van der Waals surface area contributed by atoms with E-state index >= 15 is 0 Å². The summed E-state index contributed by atoms with van der Waals surface area (Å²) in [5.74, 6) is -0.252. The molecule has 0 fully saturated rings. The van der Waals surface area contributed by atoms with Gasteiger partial charge in [-0.25, -0.2) is 0 Å². The van der Waals surface area contributed by atoms with Crippen LogP contribution in [0.2, 0.25) is 0 Å².